The summed E-state index contributed by atoms with van der Waals surface area (Å²) < 4.78 is 32.7. The molecule has 9 nitrogen and oxygen atoms in total. The second-order valence-corrected chi connectivity index (χ2v) is 15.7. The first-order chi connectivity index (χ1) is 25.3. The minimum atomic E-state index is -4.37. The van der Waals surface area contributed by atoms with Gasteiger partial charge in [-0.05, 0) is 64.2 Å². The van der Waals surface area contributed by atoms with Gasteiger partial charge in [-0.2, -0.15) is 0 Å². The molecule has 0 aliphatic carbocycles. The molecule has 0 aromatic rings. The molecule has 0 amide bonds. The molecule has 3 N–H and O–H groups in total. The molecule has 0 aromatic carbocycles. The number of allylic oxidation sites excluding steroid dienone is 4. The van der Waals surface area contributed by atoms with Crippen LogP contribution in [-0.4, -0.2) is 49.3 Å². The van der Waals surface area contributed by atoms with Crippen molar-refractivity contribution in [1.82, 2.24) is 0 Å². The number of carbonyl (C=O) groups excluding carboxylic acids is 2. The molecule has 0 saturated heterocycles. The smallest absolute Gasteiger partial charge is 0.462 e. The second kappa shape index (κ2) is 39.2. The fraction of sp³-hybridized carbons (Fsp3) is 0.857. The van der Waals surface area contributed by atoms with Gasteiger partial charge in [-0.1, -0.05) is 147 Å². The Balaban J connectivity index is 4.16. The van der Waals surface area contributed by atoms with Crippen LogP contribution >= 0.6 is 7.82 Å². The van der Waals surface area contributed by atoms with Gasteiger partial charge in [-0.15, -0.1) is 0 Å². The highest BCUT2D eigenvalue weighted by atomic mass is 31.2. The predicted octanol–water partition coefficient (Wildman–Crippen LogP) is 12.0. The molecule has 0 bridgehead atoms. The van der Waals surface area contributed by atoms with E-state index in [1.165, 1.54) is 103 Å². The predicted molar refractivity (Wildman–Crippen MR) is 215 cm³/mol. The molecule has 2 atom stereocenters. The molecule has 0 fully saturated rings. The zero-order chi connectivity index (χ0) is 38.2. The van der Waals surface area contributed by atoms with Crippen molar-refractivity contribution in [2.24, 2.45) is 5.73 Å². The lowest BCUT2D eigenvalue weighted by molar-refractivity contribution is -0.161. The Morgan fingerprint density at radius 1 is 0.558 bits per heavy atom. The van der Waals surface area contributed by atoms with E-state index in [9.17, 15) is 19.0 Å². The van der Waals surface area contributed by atoms with Gasteiger partial charge in [-0.25, -0.2) is 4.57 Å². The van der Waals surface area contributed by atoms with Gasteiger partial charge in [-0.3, -0.25) is 18.6 Å². The first-order valence-corrected chi connectivity index (χ1v) is 22.8. The van der Waals surface area contributed by atoms with E-state index in [-0.39, 0.29) is 38.6 Å². The summed E-state index contributed by atoms with van der Waals surface area (Å²) in [6, 6.07) is 0. The van der Waals surface area contributed by atoms with Crippen molar-refractivity contribution in [3.63, 3.8) is 0 Å². The summed E-state index contributed by atoms with van der Waals surface area (Å²) in [7, 11) is -4.37. The molecule has 0 radical (unpaired) electrons. The van der Waals surface area contributed by atoms with E-state index in [1.54, 1.807) is 0 Å². The van der Waals surface area contributed by atoms with Gasteiger partial charge in [0.1, 0.15) is 6.61 Å². The van der Waals surface area contributed by atoms with Crippen LogP contribution in [0.2, 0.25) is 0 Å². The number of phosphoric ester groups is 1. The zero-order valence-corrected chi connectivity index (χ0v) is 34.4. The third-order valence-electron chi connectivity index (χ3n) is 9.06. The van der Waals surface area contributed by atoms with Gasteiger partial charge in [0, 0.05) is 19.4 Å². The van der Waals surface area contributed by atoms with Crippen LogP contribution in [0.25, 0.3) is 0 Å². The van der Waals surface area contributed by atoms with Crippen molar-refractivity contribution < 1.29 is 37.6 Å². The third kappa shape index (κ3) is 38.2. The molecular formula is C42H80NO8P. The van der Waals surface area contributed by atoms with Crippen LogP contribution < -0.4 is 5.73 Å². The number of rotatable bonds is 40. The number of unbranched alkanes of at least 4 members (excludes halogenated alkanes) is 23. The first-order valence-electron chi connectivity index (χ1n) is 21.3. The summed E-state index contributed by atoms with van der Waals surface area (Å²) in [6.07, 6.45) is 40.6. The molecule has 0 rings (SSSR count). The molecule has 0 spiro atoms. The Hall–Kier alpha value is -1.51. The van der Waals surface area contributed by atoms with Crippen molar-refractivity contribution in [3.05, 3.63) is 24.3 Å². The van der Waals surface area contributed by atoms with E-state index in [4.69, 9.17) is 24.3 Å². The van der Waals surface area contributed by atoms with Crippen molar-refractivity contribution in [3.8, 4) is 0 Å². The minimum absolute atomic E-state index is 0.0524. The van der Waals surface area contributed by atoms with Crippen LogP contribution in [0.4, 0.5) is 0 Å². The molecular weight excluding hydrogens is 677 g/mol. The van der Waals surface area contributed by atoms with Gasteiger partial charge >= 0.3 is 19.8 Å². The SMILES string of the molecule is CCCCCCC/C=C/CCCCCCCC(=O)O[C@H](COC(=O)CCCCCCCCC/C=C/CCCCCCCC)COP(=O)(O)OCCN. The third-order valence-corrected chi connectivity index (χ3v) is 10.0. The van der Waals surface area contributed by atoms with Crippen molar-refractivity contribution in [2.45, 2.75) is 206 Å². The Labute approximate surface area is 319 Å². The zero-order valence-electron chi connectivity index (χ0n) is 33.6. The van der Waals surface area contributed by atoms with Crippen molar-refractivity contribution in [2.75, 3.05) is 26.4 Å². The number of phosphoric acid groups is 1. The topological polar surface area (TPSA) is 134 Å². The molecule has 0 aromatic heterocycles. The maximum atomic E-state index is 12.5. The second-order valence-electron chi connectivity index (χ2n) is 14.2. The maximum absolute atomic E-state index is 12.5. The van der Waals surface area contributed by atoms with Gasteiger partial charge in [0.2, 0.25) is 0 Å². The number of esters is 2. The lowest BCUT2D eigenvalue weighted by atomic mass is 10.1. The quantitative estimate of drug-likeness (QED) is 0.0271. The Bertz CT molecular complexity index is 912. The average Bonchev–Trinajstić information content (AvgIpc) is 3.13. The monoisotopic (exact) mass is 758 g/mol. The van der Waals surface area contributed by atoms with Crippen LogP contribution in [0.1, 0.15) is 200 Å². The molecule has 0 heterocycles. The van der Waals surface area contributed by atoms with E-state index >= 15 is 0 Å². The van der Waals surface area contributed by atoms with Gasteiger partial charge in [0.05, 0.1) is 13.2 Å². The molecule has 1 unspecified atom stereocenters. The number of carbonyl (C=O) groups is 2. The normalized spacial score (nSPS) is 13.5. The van der Waals surface area contributed by atoms with Gasteiger partial charge in [0.25, 0.3) is 0 Å². The van der Waals surface area contributed by atoms with E-state index in [0.29, 0.717) is 6.42 Å². The molecule has 10 heteroatoms. The van der Waals surface area contributed by atoms with Crippen LogP contribution in [0, 0.1) is 0 Å². The largest absolute Gasteiger partial charge is 0.472 e. The standard InChI is InChI=1S/C42H80NO8P/c1-3-5-7-9-11-13-15-17-19-20-21-23-24-26-28-30-32-34-41(44)48-38-40(39-50-52(46,47)49-37-36-43)51-42(45)35-33-31-29-27-25-22-18-16-14-12-10-8-6-4-2/h16-19,40H,3-15,20-39,43H2,1-2H3,(H,46,47)/b18-16+,19-17+/t40-/m1/s1. The number of ether oxygens (including phenoxy) is 2. The summed E-state index contributed by atoms with van der Waals surface area (Å²) in [6.45, 7) is 3.71. The van der Waals surface area contributed by atoms with E-state index < -0.39 is 26.5 Å². The summed E-state index contributed by atoms with van der Waals surface area (Å²) >= 11 is 0. The molecule has 0 aliphatic rings. The Morgan fingerprint density at radius 3 is 1.37 bits per heavy atom. The van der Waals surface area contributed by atoms with Gasteiger partial charge < -0.3 is 20.1 Å². The summed E-state index contributed by atoms with van der Waals surface area (Å²) in [4.78, 5) is 34.8. The van der Waals surface area contributed by atoms with E-state index in [1.807, 2.05) is 0 Å². The summed E-state index contributed by atoms with van der Waals surface area (Å²) in [5.41, 5.74) is 5.34. The molecule has 0 saturated carbocycles. The molecule has 0 aliphatic heterocycles. The lowest BCUT2D eigenvalue weighted by Crippen LogP contribution is -2.29. The number of nitrogens with two attached hydrogens (primary N) is 1. The highest BCUT2D eigenvalue weighted by molar-refractivity contribution is 7.47. The average molecular weight is 758 g/mol. The molecule has 52 heavy (non-hydrogen) atoms. The van der Waals surface area contributed by atoms with E-state index in [2.05, 4.69) is 38.2 Å². The minimum Gasteiger partial charge on any atom is -0.462 e. The van der Waals surface area contributed by atoms with Crippen LogP contribution in [-0.2, 0) is 32.7 Å². The fourth-order valence-corrected chi connectivity index (χ4v) is 6.62. The summed E-state index contributed by atoms with van der Waals surface area (Å²) in [5, 5.41) is 0. The Morgan fingerprint density at radius 2 is 0.942 bits per heavy atom. The van der Waals surface area contributed by atoms with Gasteiger partial charge in [0.15, 0.2) is 6.10 Å². The van der Waals surface area contributed by atoms with Crippen molar-refractivity contribution >= 4 is 19.8 Å². The highest BCUT2D eigenvalue weighted by Crippen LogP contribution is 2.43. The first kappa shape index (κ1) is 50.5. The van der Waals surface area contributed by atoms with E-state index in [0.717, 1.165) is 64.2 Å². The van der Waals surface area contributed by atoms with Crippen LogP contribution in [0.15, 0.2) is 24.3 Å². The fourth-order valence-electron chi connectivity index (χ4n) is 5.86. The maximum Gasteiger partial charge on any atom is 0.472 e. The number of hydrogen-bond acceptors (Lipinski definition) is 8. The lowest BCUT2D eigenvalue weighted by Gasteiger charge is -2.19. The summed E-state index contributed by atoms with van der Waals surface area (Å²) in [5.74, 6) is -0.839. The molecule has 306 valence electrons. The van der Waals surface area contributed by atoms with Crippen LogP contribution in [0.3, 0.4) is 0 Å². The highest BCUT2D eigenvalue weighted by Gasteiger charge is 2.26. The Kier molecular flexibility index (Phi) is 38.1. The van der Waals surface area contributed by atoms with Crippen LogP contribution in [0.5, 0.6) is 0 Å². The number of hydrogen-bond donors (Lipinski definition) is 2. The van der Waals surface area contributed by atoms with Crippen molar-refractivity contribution in [1.29, 1.82) is 0 Å².